The van der Waals surface area contributed by atoms with E-state index in [1.807, 2.05) is 13.0 Å². The molecule has 0 aliphatic carbocycles. The molecule has 0 amide bonds. The van der Waals surface area contributed by atoms with Crippen LogP contribution in [-0.4, -0.2) is 19.6 Å². The number of hydrogen-bond donors (Lipinski definition) is 1. The van der Waals surface area contributed by atoms with Crippen LogP contribution in [0.1, 0.15) is 5.82 Å². The van der Waals surface area contributed by atoms with Crippen LogP contribution in [0.2, 0.25) is 5.02 Å². The summed E-state index contributed by atoms with van der Waals surface area (Å²) in [5, 5.41) is 5.61. The molecule has 0 atom stereocenters. The van der Waals surface area contributed by atoms with Crippen LogP contribution in [0.4, 0.5) is 5.95 Å². The third-order valence-corrected chi connectivity index (χ3v) is 2.65. The van der Waals surface area contributed by atoms with Crippen molar-refractivity contribution >= 4 is 34.1 Å². The van der Waals surface area contributed by atoms with E-state index in [0.717, 1.165) is 16.7 Å². The van der Waals surface area contributed by atoms with E-state index in [1.165, 1.54) is 0 Å². The first-order valence-electron chi connectivity index (χ1n) is 4.73. The zero-order valence-corrected chi connectivity index (χ0v) is 9.23. The van der Waals surface area contributed by atoms with Crippen LogP contribution in [-0.2, 0) is 0 Å². The minimum atomic E-state index is 0.243. The molecule has 0 saturated carbocycles. The number of aryl methyl sites for hydroxylation is 1. The molecule has 80 valence electrons. The topological polar surface area (TPSA) is 69.1 Å². The number of halogens is 1. The fourth-order valence-electron chi connectivity index (χ4n) is 1.74. The molecular weight excluding hydrogens is 226 g/mol. The SMILES string of the molecule is Cc1nc2cc(Cl)ccc2c2nc(N)nn12. The number of anilines is 1. The Bertz CT molecular complexity index is 703. The number of aromatic nitrogens is 4. The molecule has 0 bridgehead atoms. The van der Waals surface area contributed by atoms with Crippen molar-refractivity contribution < 1.29 is 0 Å². The van der Waals surface area contributed by atoms with Crippen molar-refractivity contribution in [3.63, 3.8) is 0 Å². The van der Waals surface area contributed by atoms with Gasteiger partial charge in [0.25, 0.3) is 0 Å². The van der Waals surface area contributed by atoms with Gasteiger partial charge in [0.2, 0.25) is 5.95 Å². The van der Waals surface area contributed by atoms with E-state index in [2.05, 4.69) is 15.1 Å². The van der Waals surface area contributed by atoms with Gasteiger partial charge in [-0.3, -0.25) is 0 Å². The summed E-state index contributed by atoms with van der Waals surface area (Å²) in [6, 6.07) is 5.47. The highest BCUT2D eigenvalue weighted by atomic mass is 35.5. The molecular formula is C10H8ClN5. The number of hydrogen-bond acceptors (Lipinski definition) is 4. The van der Waals surface area contributed by atoms with E-state index in [-0.39, 0.29) is 5.95 Å². The van der Waals surface area contributed by atoms with Crippen molar-refractivity contribution in [3.05, 3.63) is 29.0 Å². The Kier molecular flexibility index (Phi) is 1.79. The molecule has 16 heavy (non-hydrogen) atoms. The summed E-state index contributed by atoms with van der Waals surface area (Å²) < 4.78 is 1.63. The minimum absolute atomic E-state index is 0.243. The molecule has 0 aliphatic heterocycles. The molecule has 0 aliphatic rings. The fourth-order valence-corrected chi connectivity index (χ4v) is 1.90. The monoisotopic (exact) mass is 233 g/mol. The van der Waals surface area contributed by atoms with Crippen molar-refractivity contribution in [1.29, 1.82) is 0 Å². The molecule has 0 unspecified atom stereocenters. The highest BCUT2D eigenvalue weighted by molar-refractivity contribution is 6.31. The maximum Gasteiger partial charge on any atom is 0.240 e. The van der Waals surface area contributed by atoms with Crippen LogP contribution >= 0.6 is 11.6 Å². The second-order valence-corrected chi connectivity index (χ2v) is 3.96. The van der Waals surface area contributed by atoms with Gasteiger partial charge in [0.1, 0.15) is 5.82 Å². The zero-order chi connectivity index (χ0) is 11.3. The molecule has 0 spiro atoms. The number of benzene rings is 1. The van der Waals surface area contributed by atoms with Crippen molar-refractivity contribution in [3.8, 4) is 0 Å². The van der Waals surface area contributed by atoms with Gasteiger partial charge in [-0.15, -0.1) is 5.10 Å². The van der Waals surface area contributed by atoms with Crippen molar-refractivity contribution in [2.24, 2.45) is 0 Å². The fraction of sp³-hybridized carbons (Fsp3) is 0.100. The Morgan fingerprint density at radius 3 is 2.94 bits per heavy atom. The highest BCUT2D eigenvalue weighted by Crippen LogP contribution is 2.22. The summed E-state index contributed by atoms with van der Waals surface area (Å²) in [7, 11) is 0. The summed E-state index contributed by atoms with van der Waals surface area (Å²) in [4.78, 5) is 8.58. The number of nitrogens with two attached hydrogens (primary N) is 1. The molecule has 1 aromatic carbocycles. The predicted molar refractivity (Wildman–Crippen MR) is 62.4 cm³/mol. The van der Waals surface area contributed by atoms with Gasteiger partial charge < -0.3 is 5.73 Å². The van der Waals surface area contributed by atoms with E-state index in [0.29, 0.717) is 10.7 Å². The Hall–Kier alpha value is -1.88. The molecule has 3 rings (SSSR count). The van der Waals surface area contributed by atoms with Crippen molar-refractivity contribution in [2.45, 2.75) is 6.92 Å². The number of nitrogen functional groups attached to an aromatic ring is 1. The smallest absolute Gasteiger partial charge is 0.240 e. The maximum atomic E-state index is 5.92. The number of rotatable bonds is 0. The summed E-state index contributed by atoms with van der Waals surface area (Å²) in [5.41, 5.74) is 7.08. The minimum Gasteiger partial charge on any atom is -0.366 e. The van der Waals surface area contributed by atoms with Crippen LogP contribution in [0.25, 0.3) is 16.6 Å². The average Bonchev–Trinajstić information content (AvgIpc) is 2.60. The molecule has 2 N–H and O–H groups in total. The standard InChI is InChI=1S/C10H8ClN5/c1-5-13-8-4-6(11)2-3-7(8)9-14-10(12)15-16(5)9/h2-4H,1H3,(H2,12,15). The van der Waals surface area contributed by atoms with Crippen LogP contribution < -0.4 is 5.73 Å². The summed E-state index contributed by atoms with van der Waals surface area (Å²) >= 11 is 5.92. The lowest BCUT2D eigenvalue weighted by molar-refractivity contribution is 0.881. The normalized spacial score (nSPS) is 11.4. The quantitative estimate of drug-likeness (QED) is 0.643. The molecule has 0 fully saturated rings. The lowest BCUT2D eigenvalue weighted by Crippen LogP contribution is -1.98. The first-order valence-corrected chi connectivity index (χ1v) is 5.11. The summed E-state index contributed by atoms with van der Waals surface area (Å²) in [6.07, 6.45) is 0. The summed E-state index contributed by atoms with van der Waals surface area (Å²) in [6.45, 7) is 1.85. The van der Waals surface area contributed by atoms with Gasteiger partial charge in [-0.1, -0.05) is 11.6 Å². The molecule has 6 heteroatoms. The van der Waals surface area contributed by atoms with Gasteiger partial charge in [-0.2, -0.15) is 9.50 Å². The molecule has 0 saturated heterocycles. The van der Waals surface area contributed by atoms with E-state index >= 15 is 0 Å². The molecule has 3 aromatic rings. The number of nitrogens with zero attached hydrogens (tertiary/aromatic N) is 4. The molecule has 0 radical (unpaired) electrons. The highest BCUT2D eigenvalue weighted by Gasteiger charge is 2.09. The van der Waals surface area contributed by atoms with E-state index < -0.39 is 0 Å². The Morgan fingerprint density at radius 2 is 2.12 bits per heavy atom. The van der Waals surface area contributed by atoms with Gasteiger partial charge in [0.15, 0.2) is 5.65 Å². The van der Waals surface area contributed by atoms with Crippen LogP contribution in [0.15, 0.2) is 18.2 Å². The van der Waals surface area contributed by atoms with Crippen LogP contribution in [0, 0.1) is 6.92 Å². The van der Waals surface area contributed by atoms with Crippen LogP contribution in [0.5, 0.6) is 0 Å². The van der Waals surface area contributed by atoms with Gasteiger partial charge >= 0.3 is 0 Å². The summed E-state index contributed by atoms with van der Waals surface area (Å²) in [5.74, 6) is 0.973. The average molecular weight is 234 g/mol. The van der Waals surface area contributed by atoms with Gasteiger partial charge in [0.05, 0.1) is 5.52 Å². The van der Waals surface area contributed by atoms with Gasteiger partial charge in [-0.25, -0.2) is 4.98 Å². The lowest BCUT2D eigenvalue weighted by atomic mass is 10.2. The Morgan fingerprint density at radius 1 is 1.31 bits per heavy atom. The first kappa shape index (κ1) is 9.35. The Labute approximate surface area is 95.9 Å². The molecule has 2 aromatic heterocycles. The Balaban J connectivity index is 2.57. The van der Waals surface area contributed by atoms with Crippen LogP contribution in [0.3, 0.4) is 0 Å². The third-order valence-electron chi connectivity index (χ3n) is 2.41. The lowest BCUT2D eigenvalue weighted by Gasteiger charge is -2.02. The first-order chi connectivity index (χ1) is 7.65. The van der Waals surface area contributed by atoms with E-state index in [4.69, 9.17) is 17.3 Å². The third kappa shape index (κ3) is 1.22. The van der Waals surface area contributed by atoms with E-state index in [1.54, 1.807) is 16.6 Å². The molecule has 5 nitrogen and oxygen atoms in total. The number of fused-ring (bicyclic) bond motifs is 3. The maximum absolute atomic E-state index is 5.92. The van der Waals surface area contributed by atoms with Gasteiger partial charge in [0, 0.05) is 10.4 Å². The predicted octanol–water partition coefficient (Wildman–Crippen LogP) is 1.82. The van der Waals surface area contributed by atoms with Gasteiger partial charge in [-0.05, 0) is 25.1 Å². The second kappa shape index (κ2) is 3.05. The van der Waals surface area contributed by atoms with E-state index in [9.17, 15) is 0 Å². The zero-order valence-electron chi connectivity index (χ0n) is 8.48. The van der Waals surface area contributed by atoms with Crippen molar-refractivity contribution in [1.82, 2.24) is 19.6 Å². The molecule has 2 heterocycles. The largest absolute Gasteiger partial charge is 0.366 e. The second-order valence-electron chi connectivity index (χ2n) is 3.53. The van der Waals surface area contributed by atoms with Crippen molar-refractivity contribution in [2.75, 3.05) is 5.73 Å².